The van der Waals surface area contributed by atoms with Gasteiger partial charge in [0.25, 0.3) is 0 Å². The van der Waals surface area contributed by atoms with Crippen LogP contribution in [0.25, 0.3) is 0 Å². The van der Waals surface area contributed by atoms with Crippen LogP contribution in [-0.4, -0.2) is 25.2 Å². The van der Waals surface area contributed by atoms with Gasteiger partial charge in [-0.15, -0.1) is 12.3 Å². The van der Waals surface area contributed by atoms with Crippen molar-refractivity contribution in [2.24, 2.45) is 0 Å². The Labute approximate surface area is 66.2 Å². The summed E-state index contributed by atoms with van der Waals surface area (Å²) < 4.78 is 0. The van der Waals surface area contributed by atoms with Gasteiger partial charge in [0.2, 0.25) is 5.78 Å². The predicted molar refractivity (Wildman–Crippen MR) is 42.0 cm³/mol. The van der Waals surface area contributed by atoms with Gasteiger partial charge in [0, 0.05) is 6.42 Å². The molecule has 0 saturated carbocycles. The molecule has 0 aromatic carbocycles. The summed E-state index contributed by atoms with van der Waals surface area (Å²) in [6.07, 6.45) is 6.34. The topological polar surface area (TPSA) is 46.2 Å². The van der Waals surface area contributed by atoms with E-state index in [2.05, 4.69) is 11.2 Å². The van der Waals surface area contributed by atoms with E-state index >= 15 is 0 Å². The molecular formula is C8H11NO2. The van der Waals surface area contributed by atoms with Crippen LogP contribution in [0.4, 0.5) is 0 Å². The number of carbonyl (C=O) groups is 2. The van der Waals surface area contributed by atoms with E-state index in [0.29, 0.717) is 19.1 Å². The molecule has 1 unspecified atom stereocenters. The summed E-state index contributed by atoms with van der Waals surface area (Å²) in [4.78, 5) is 20.8. The number of hydrogen-bond acceptors (Lipinski definition) is 3. The van der Waals surface area contributed by atoms with E-state index in [-0.39, 0.29) is 0 Å². The average Bonchev–Trinajstić information content (AvgIpc) is 2.05. The summed E-state index contributed by atoms with van der Waals surface area (Å²) in [7, 11) is 1.63. The van der Waals surface area contributed by atoms with Crippen molar-refractivity contribution in [1.82, 2.24) is 5.32 Å². The highest BCUT2D eigenvalue weighted by Crippen LogP contribution is 1.95. The lowest BCUT2D eigenvalue weighted by atomic mass is 10.1. The molecule has 0 fully saturated rings. The fourth-order valence-corrected chi connectivity index (χ4v) is 0.739. The molecule has 0 saturated heterocycles. The summed E-state index contributed by atoms with van der Waals surface area (Å²) in [6, 6.07) is -0.413. The molecule has 1 atom stereocenters. The maximum absolute atomic E-state index is 10.7. The average molecular weight is 153 g/mol. The Balaban J connectivity index is 3.86. The second kappa shape index (κ2) is 5.63. The van der Waals surface area contributed by atoms with E-state index in [9.17, 15) is 9.59 Å². The summed E-state index contributed by atoms with van der Waals surface area (Å²) in [5.74, 6) is 1.96. The monoisotopic (exact) mass is 153 g/mol. The van der Waals surface area contributed by atoms with Gasteiger partial charge in [-0.1, -0.05) is 0 Å². The van der Waals surface area contributed by atoms with Gasteiger partial charge in [-0.3, -0.25) is 9.59 Å². The van der Waals surface area contributed by atoms with Crippen LogP contribution < -0.4 is 5.32 Å². The van der Waals surface area contributed by atoms with Crippen molar-refractivity contribution in [2.75, 3.05) is 7.05 Å². The van der Waals surface area contributed by atoms with Gasteiger partial charge in [-0.2, -0.15) is 0 Å². The van der Waals surface area contributed by atoms with Crippen LogP contribution in [0.3, 0.4) is 0 Å². The van der Waals surface area contributed by atoms with Gasteiger partial charge in [0.05, 0.1) is 6.04 Å². The number of carbonyl (C=O) groups excluding carboxylic acids is 2. The Morgan fingerprint density at radius 2 is 2.45 bits per heavy atom. The maximum atomic E-state index is 10.7. The van der Waals surface area contributed by atoms with E-state index in [1.807, 2.05) is 0 Å². The number of hydrogen-bond donors (Lipinski definition) is 1. The maximum Gasteiger partial charge on any atom is 0.212 e. The Bertz CT molecular complexity index is 181. The number of Topliss-reactive ketones (excluding diaryl/α,β-unsaturated/α-hetero) is 1. The fourth-order valence-electron chi connectivity index (χ4n) is 0.739. The van der Waals surface area contributed by atoms with Gasteiger partial charge in [0.15, 0.2) is 6.29 Å². The van der Waals surface area contributed by atoms with Crippen LogP contribution >= 0.6 is 0 Å². The van der Waals surface area contributed by atoms with E-state index < -0.39 is 11.8 Å². The smallest absolute Gasteiger partial charge is 0.212 e. The van der Waals surface area contributed by atoms with Gasteiger partial charge in [-0.05, 0) is 13.5 Å². The Kier molecular flexibility index (Phi) is 5.05. The molecular weight excluding hydrogens is 142 g/mol. The summed E-state index contributed by atoms with van der Waals surface area (Å²) in [5.41, 5.74) is 0. The van der Waals surface area contributed by atoms with Crippen LogP contribution in [0, 0.1) is 12.3 Å². The van der Waals surface area contributed by atoms with Crippen molar-refractivity contribution in [2.45, 2.75) is 18.9 Å². The lowest BCUT2D eigenvalue weighted by Crippen LogP contribution is -2.34. The largest absolute Gasteiger partial charge is 0.310 e. The van der Waals surface area contributed by atoms with Crippen LogP contribution in [0.5, 0.6) is 0 Å². The first-order valence-electron chi connectivity index (χ1n) is 3.36. The lowest BCUT2D eigenvalue weighted by Gasteiger charge is -2.08. The molecule has 0 rings (SSSR count). The summed E-state index contributed by atoms with van der Waals surface area (Å²) >= 11 is 0. The van der Waals surface area contributed by atoms with E-state index in [0.717, 1.165) is 0 Å². The number of aldehydes is 1. The first-order valence-corrected chi connectivity index (χ1v) is 3.36. The molecule has 3 nitrogen and oxygen atoms in total. The number of terminal acetylenes is 1. The number of likely N-dealkylation sites (N-methyl/N-ethyl adjacent to an activating group) is 1. The van der Waals surface area contributed by atoms with E-state index in [1.165, 1.54) is 0 Å². The van der Waals surface area contributed by atoms with E-state index in [4.69, 9.17) is 6.42 Å². The number of nitrogens with one attached hydrogen (secondary N) is 1. The highest BCUT2D eigenvalue weighted by molar-refractivity contribution is 6.27. The molecule has 0 aliphatic carbocycles. The molecule has 0 bridgehead atoms. The zero-order valence-corrected chi connectivity index (χ0v) is 6.46. The van der Waals surface area contributed by atoms with Crippen molar-refractivity contribution in [3.8, 4) is 12.3 Å². The Morgan fingerprint density at radius 3 is 2.82 bits per heavy atom. The normalized spacial score (nSPS) is 11.6. The number of rotatable bonds is 5. The minimum absolute atomic E-state index is 0.317. The fraction of sp³-hybridized carbons (Fsp3) is 0.500. The molecule has 0 amide bonds. The zero-order chi connectivity index (χ0) is 8.69. The third kappa shape index (κ3) is 3.54. The van der Waals surface area contributed by atoms with Gasteiger partial charge < -0.3 is 5.32 Å². The Hall–Kier alpha value is -1.14. The van der Waals surface area contributed by atoms with Crippen molar-refractivity contribution in [1.29, 1.82) is 0 Å². The molecule has 0 heterocycles. The summed E-state index contributed by atoms with van der Waals surface area (Å²) in [6.45, 7) is 0. The lowest BCUT2D eigenvalue weighted by molar-refractivity contribution is -0.131. The van der Waals surface area contributed by atoms with Gasteiger partial charge in [-0.25, -0.2) is 0 Å². The quantitative estimate of drug-likeness (QED) is 0.337. The van der Waals surface area contributed by atoms with Crippen LogP contribution in [0.15, 0.2) is 0 Å². The molecule has 0 aliphatic heterocycles. The second-order valence-corrected chi connectivity index (χ2v) is 2.10. The molecule has 11 heavy (non-hydrogen) atoms. The van der Waals surface area contributed by atoms with Crippen LogP contribution in [0.2, 0.25) is 0 Å². The molecule has 0 aromatic rings. The molecule has 0 spiro atoms. The molecule has 3 heteroatoms. The Morgan fingerprint density at radius 1 is 1.82 bits per heavy atom. The van der Waals surface area contributed by atoms with Crippen molar-refractivity contribution >= 4 is 12.1 Å². The summed E-state index contributed by atoms with van der Waals surface area (Å²) in [5, 5.41) is 2.71. The molecule has 0 radical (unpaired) electrons. The first-order chi connectivity index (χ1) is 5.26. The molecule has 60 valence electrons. The highest BCUT2D eigenvalue weighted by Gasteiger charge is 2.13. The number of ketones is 1. The third-order valence-corrected chi connectivity index (χ3v) is 1.39. The minimum Gasteiger partial charge on any atom is -0.310 e. The van der Waals surface area contributed by atoms with Crippen LogP contribution in [-0.2, 0) is 9.59 Å². The first kappa shape index (κ1) is 9.86. The minimum atomic E-state index is -0.442. The zero-order valence-electron chi connectivity index (χ0n) is 6.46. The SMILES string of the molecule is C#CCCC(NC)C(=O)C=O. The van der Waals surface area contributed by atoms with E-state index in [1.54, 1.807) is 7.05 Å². The molecule has 1 N–H and O–H groups in total. The van der Waals surface area contributed by atoms with Crippen LogP contribution in [0.1, 0.15) is 12.8 Å². The van der Waals surface area contributed by atoms with Crippen molar-refractivity contribution in [3.63, 3.8) is 0 Å². The highest BCUT2D eigenvalue weighted by atomic mass is 16.2. The van der Waals surface area contributed by atoms with Gasteiger partial charge in [0.1, 0.15) is 0 Å². The molecule has 0 aliphatic rings. The second-order valence-electron chi connectivity index (χ2n) is 2.10. The van der Waals surface area contributed by atoms with Gasteiger partial charge >= 0.3 is 0 Å². The van der Waals surface area contributed by atoms with Crippen molar-refractivity contribution < 1.29 is 9.59 Å². The van der Waals surface area contributed by atoms with Crippen molar-refractivity contribution in [3.05, 3.63) is 0 Å². The third-order valence-electron chi connectivity index (χ3n) is 1.39. The predicted octanol–water partition coefficient (Wildman–Crippen LogP) is -0.244. The standard InChI is InChI=1S/C8H11NO2/c1-3-4-5-7(9-2)8(11)6-10/h1,6-7,9H,4-5H2,2H3. The molecule has 0 aromatic heterocycles.